The topological polar surface area (TPSA) is 88.8 Å². The summed E-state index contributed by atoms with van der Waals surface area (Å²) in [5, 5.41) is 3.05. The third kappa shape index (κ3) is 5.46. The number of hydrogen-bond acceptors (Lipinski definition) is 6. The van der Waals surface area contributed by atoms with Gasteiger partial charge in [-0.3, -0.25) is 9.69 Å². The standard InChI is InChI=1S/C25H27ClN2O5S/c1-2-32-20-9-5-18(6-10-20)22(28-15-3-4-16-28)17-27-25(29)23-13-14-24(33-23)34(30,31)21-11-7-19(26)8-12-21/h5-14,22H,2-4,15-17H2,1H3,(H,27,29). The molecule has 0 bridgehead atoms. The Hall–Kier alpha value is -2.81. The van der Waals surface area contributed by atoms with Gasteiger partial charge < -0.3 is 14.5 Å². The molecule has 1 aliphatic rings. The molecule has 9 heteroatoms. The molecule has 1 atom stereocenters. The molecular weight excluding hydrogens is 476 g/mol. The zero-order valence-corrected chi connectivity index (χ0v) is 20.4. The lowest BCUT2D eigenvalue weighted by Gasteiger charge is -2.28. The van der Waals surface area contributed by atoms with E-state index in [0.29, 0.717) is 18.2 Å². The largest absolute Gasteiger partial charge is 0.494 e. The lowest BCUT2D eigenvalue weighted by molar-refractivity contribution is 0.0905. The van der Waals surface area contributed by atoms with E-state index in [9.17, 15) is 13.2 Å². The summed E-state index contributed by atoms with van der Waals surface area (Å²) < 4.78 is 36.6. The van der Waals surface area contributed by atoms with Crippen LogP contribution in [0.2, 0.25) is 5.02 Å². The van der Waals surface area contributed by atoms with E-state index in [1.54, 1.807) is 0 Å². The molecule has 0 radical (unpaired) electrons. The maximum Gasteiger partial charge on any atom is 0.287 e. The van der Waals surface area contributed by atoms with Crippen LogP contribution < -0.4 is 10.1 Å². The number of benzene rings is 2. The molecule has 1 unspecified atom stereocenters. The van der Waals surface area contributed by atoms with Gasteiger partial charge in [-0.2, -0.15) is 0 Å². The lowest BCUT2D eigenvalue weighted by atomic mass is 10.1. The van der Waals surface area contributed by atoms with Gasteiger partial charge in [0.1, 0.15) is 5.75 Å². The Bertz CT molecular complexity index is 1220. The molecule has 1 aromatic heterocycles. The van der Waals surface area contributed by atoms with Crippen LogP contribution in [-0.2, 0) is 9.84 Å². The number of furan rings is 1. The van der Waals surface area contributed by atoms with Crippen LogP contribution in [-0.4, -0.2) is 45.5 Å². The summed E-state index contributed by atoms with van der Waals surface area (Å²) in [5.74, 6) is 0.285. The molecule has 1 N–H and O–H groups in total. The highest BCUT2D eigenvalue weighted by atomic mass is 35.5. The number of amides is 1. The summed E-state index contributed by atoms with van der Waals surface area (Å²) in [5.41, 5.74) is 1.08. The van der Waals surface area contributed by atoms with Crippen molar-refractivity contribution in [3.63, 3.8) is 0 Å². The Kier molecular flexibility index (Phi) is 7.60. The van der Waals surface area contributed by atoms with E-state index in [1.807, 2.05) is 31.2 Å². The van der Waals surface area contributed by atoms with Gasteiger partial charge in [0.2, 0.25) is 14.9 Å². The fraction of sp³-hybridized carbons (Fsp3) is 0.320. The average Bonchev–Trinajstić information content (AvgIpc) is 3.54. The Morgan fingerprint density at radius 3 is 2.38 bits per heavy atom. The summed E-state index contributed by atoms with van der Waals surface area (Å²) in [6.07, 6.45) is 2.23. The number of hydrogen-bond donors (Lipinski definition) is 1. The van der Waals surface area contributed by atoms with E-state index in [1.165, 1.54) is 36.4 Å². The van der Waals surface area contributed by atoms with Crippen molar-refractivity contribution in [2.75, 3.05) is 26.2 Å². The first-order valence-electron chi connectivity index (χ1n) is 11.2. The predicted molar refractivity (Wildman–Crippen MR) is 129 cm³/mol. The maximum absolute atomic E-state index is 12.8. The SMILES string of the molecule is CCOc1ccc(C(CNC(=O)c2ccc(S(=O)(=O)c3ccc(Cl)cc3)o2)N2CCCC2)cc1. The Balaban J connectivity index is 1.47. The minimum Gasteiger partial charge on any atom is -0.494 e. The normalized spacial score (nSPS) is 15.2. The van der Waals surface area contributed by atoms with Gasteiger partial charge >= 0.3 is 0 Å². The van der Waals surface area contributed by atoms with Crippen molar-refractivity contribution in [2.24, 2.45) is 0 Å². The van der Waals surface area contributed by atoms with Crippen molar-refractivity contribution in [1.29, 1.82) is 0 Å². The molecule has 4 rings (SSSR count). The fourth-order valence-corrected chi connectivity index (χ4v) is 5.36. The minimum absolute atomic E-state index is 0.00522. The molecule has 1 aliphatic heterocycles. The summed E-state index contributed by atoms with van der Waals surface area (Å²) in [6, 6.07) is 16.4. The first-order chi connectivity index (χ1) is 16.4. The molecule has 180 valence electrons. The number of carbonyl (C=O) groups excluding carboxylic acids is 1. The van der Waals surface area contributed by atoms with E-state index >= 15 is 0 Å². The van der Waals surface area contributed by atoms with Crippen molar-refractivity contribution >= 4 is 27.3 Å². The summed E-state index contributed by atoms with van der Waals surface area (Å²) in [4.78, 5) is 15.2. The van der Waals surface area contributed by atoms with Crippen LogP contribution in [0.5, 0.6) is 5.75 Å². The van der Waals surface area contributed by atoms with Crippen molar-refractivity contribution in [3.05, 3.63) is 77.0 Å². The van der Waals surface area contributed by atoms with Crippen molar-refractivity contribution in [2.45, 2.75) is 35.8 Å². The molecule has 0 aliphatic carbocycles. The van der Waals surface area contributed by atoms with Crippen LogP contribution >= 0.6 is 11.6 Å². The van der Waals surface area contributed by atoms with E-state index in [-0.39, 0.29) is 21.8 Å². The van der Waals surface area contributed by atoms with E-state index in [4.69, 9.17) is 20.8 Å². The molecule has 7 nitrogen and oxygen atoms in total. The molecule has 1 saturated heterocycles. The van der Waals surface area contributed by atoms with Crippen LogP contribution in [0, 0.1) is 0 Å². The smallest absolute Gasteiger partial charge is 0.287 e. The third-order valence-electron chi connectivity index (χ3n) is 5.81. The summed E-state index contributed by atoms with van der Waals surface area (Å²) in [7, 11) is -3.89. The number of carbonyl (C=O) groups is 1. The second-order valence-electron chi connectivity index (χ2n) is 8.05. The fourth-order valence-electron chi connectivity index (χ4n) is 4.06. The highest BCUT2D eigenvalue weighted by Crippen LogP contribution is 2.27. The van der Waals surface area contributed by atoms with Gasteiger partial charge in [0.25, 0.3) is 5.91 Å². The molecule has 2 heterocycles. The molecule has 3 aromatic rings. The summed E-state index contributed by atoms with van der Waals surface area (Å²) >= 11 is 5.85. The summed E-state index contributed by atoms with van der Waals surface area (Å²) in [6.45, 7) is 4.82. The second-order valence-corrected chi connectivity index (χ2v) is 10.4. The first kappa shape index (κ1) is 24.3. The average molecular weight is 503 g/mol. The van der Waals surface area contributed by atoms with Crippen LogP contribution in [0.3, 0.4) is 0 Å². The number of likely N-dealkylation sites (tertiary alicyclic amines) is 1. The molecule has 0 spiro atoms. The number of ether oxygens (including phenoxy) is 1. The number of nitrogens with zero attached hydrogens (tertiary/aromatic N) is 1. The predicted octanol–water partition coefficient (Wildman–Crippen LogP) is 4.73. The first-order valence-corrected chi connectivity index (χ1v) is 13.1. The van der Waals surface area contributed by atoms with Crippen LogP contribution in [0.15, 0.2) is 75.1 Å². The zero-order valence-electron chi connectivity index (χ0n) is 18.9. The van der Waals surface area contributed by atoms with E-state index < -0.39 is 15.7 Å². The molecule has 1 amide bonds. The molecular formula is C25H27ClN2O5S. The lowest BCUT2D eigenvalue weighted by Crippen LogP contribution is -2.36. The Morgan fingerprint density at radius 2 is 1.74 bits per heavy atom. The van der Waals surface area contributed by atoms with Gasteiger partial charge in [0, 0.05) is 11.6 Å². The van der Waals surface area contributed by atoms with Gasteiger partial charge in [-0.1, -0.05) is 23.7 Å². The van der Waals surface area contributed by atoms with Gasteiger partial charge in [-0.25, -0.2) is 8.42 Å². The minimum atomic E-state index is -3.89. The second kappa shape index (κ2) is 10.6. The van der Waals surface area contributed by atoms with Crippen LogP contribution in [0.4, 0.5) is 0 Å². The molecule has 2 aromatic carbocycles. The van der Waals surface area contributed by atoms with Crippen LogP contribution in [0.1, 0.15) is 41.9 Å². The monoisotopic (exact) mass is 502 g/mol. The molecule has 1 fully saturated rings. The van der Waals surface area contributed by atoms with Gasteiger partial charge in [-0.05, 0) is 86.9 Å². The van der Waals surface area contributed by atoms with Crippen LogP contribution in [0.25, 0.3) is 0 Å². The maximum atomic E-state index is 12.8. The quantitative estimate of drug-likeness (QED) is 0.455. The van der Waals surface area contributed by atoms with Crippen molar-refractivity contribution in [3.8, 4) is 5.75 Å². The number of halogens is 1. The highest BCUT2D eigenvalue weighted by molar-refractivity contribution is 7.91. The third-order valence-corrected chi connectivity index (χ3v) is 7.70. The molecule has 34 heavy (non-hydrogen) atoms. The Labute approximate surface area is 204 Å². The molecule has 0 saturated carbocycles. The van der Waals surface area contributed by atoms with E-state index in [0.717, 1.165) is 37.2 Å². The van der Waals surface area contributed by atoms with Crippen molar-refractivity contribution < 1.29 is 22.4 Å². The highest BCUT2D eigenvalue weighted by Gasteiger charge is 2.26. The zero-order chi connectivity index (χ0) is 24.1. The van der Waals surface area contributed by atoms with Gasteiger partial charge in [0.15, 0.2) is 5.76 Å². The number of nitrogens with one attached hydrogen (secondary N) is 1. The van der Waals surface area contributed by atoms with Gasteiger partial charge in [0.05, 0.1) is 17.5 Å². The Morgan fingerprint density at radius 1 is 1.06 bits per heavy atom. The number of sulfone groups is 1. The van der Waals surface area contributed by atoms with Gasteiger partial charge in [-0.15, -0.1) is 0 Å². The van der Waals surface area contributed by atoms with Crippen molar-refractivity contribution in [1.82, 2.24) is 10.2 Å². The van der Waals surface area contributed by atoms with E-state index in [2.05, 4.69) is 10.2 Å². The number of rotatable bonds is 9.